The topological polar surface area (TPSA) is 16.4 Å². The van der Waals surface area contributed by atoms with E-state index in [4.69, 9.17) is 4.42 Å². The molecule has 0 N–H and O–H groups in total. The first-order valence-electron chi connectivity index (χ1n) is 20.6. The van der Waals surface area contributed by atoms with Gasteiger partial charge >= 0.3 is 0 Å². The number of hydrogen-bond donors (Lipinski definition) is 0. The lowest BCUT2D eigenvalue weighted by atomic mass is 9.97. The summed E-state index contributed by atoms with van der Waals surface area (Å²) in [6.07, 6.45) is 0. The lowest BCUT2D eigenvalue weighted by Gasteiger charge is -2.26. The van der Waals surface area contributed by atoms with Gasteiger partial charge in [0.15, 0.2) is 0 Å². The Bertz CT molecular complexity index is 3580. The van der Waals surface area contributed by atoms with Gasteiger partial charge in [0, 0.05) is 28.0 Å². The van der Waals surface area contributed by atoms with Crippen molar-refractivity contribution in [1.29, 1.82) is 0 Å². The zero-order chi connectivity index (χ0) is 39.6. The second-order valence-corrected chi connectivity index (χ2v) is 15.8. The Balaban J connectivity index is 0.929. The Morgan fingerprint density at radius 2 is 0.717 bits per heavy atom. The molecule has 0 unspecified atom stereocenters. The second kappa shape index (κ2) is 13.9. The van der Waals surface area contributed by atoms with E-state index in [0.717, 1.165) is 44.9 Å². The third kappa shape index (κ3) is 5.89. The molecule has 0 saturated carbocycles. The fourth-order valence-corrected chi connectivity index (χ4v) is 9.11. The number of para-hydroxylation sites is 1. The summed E-state index contributed by atoms with van der Waals surface area (Å²) < 4.78 is 6.22. The van der Waals surface area contributed by atoms with Crippen LogP contribution in [0.1, 0.15) is 0 Å². The summed E-state index contributed by atoms with van der Waals surface area (Å²) in [6.45, 7) is 0. The summed E-state index contributed by atoms with van der Waals surface area (Å²) in [7, 11) is 0. The highest BCUT2D eigenvalue weighted by Gasteiger charge is 2.16. The van der Waals surface area contributed by atoms with E-state index in [9.17, 15) is 0 Å². The van der Waals surface area contributed by atoms with Crippen LogP contribution in [0, 0.1) is 0 Å². The number of nitrogens with zero attached hydrogens (tertiary/aromatic N) is 1. The summed E-state index contributed by atoms with van der Waals surface area (Å²) in [5, 5.41) is 13.6. The van der Waals surface area contributed by atoms with Crippen molar-refractivity contribution < 1.29 is 4.42 Å². The molecule has 12 aromatic rings. The first-order valence-corrected chi connectivity index (χ1v) is 20.6. The van der Waals surface area contributed by atoms with Gasteiger partial charge in [0.25, 0.3) is 0 Å². The zero-order valence-corrected chi connectivity index (χ0v) is 32.7. The van der Waals surface area contributed by atoms with Gasteiger partial charge in [-0.1, -0.05) is 158 Å². The largest absolute Gasteiger partial charge is 0.456 e. The first kappa shape index (κ1) is 34.1. The van der Waals surface area contributed by atoms with Crippen LogP contribution < -0.4 is 4.90 Å². The molecule has 0 bridgehead atoms. The molecule has 0 saturated heterocycles. The van der Waals surface area contributed by atoms with Crippen LogP contribution in [0.2, 0.25) is 0 Å². The van der Waals surface area contributed by atoms with Gasteiger partial charge < -0.3 is 9.32 Å². The van der Waals surface area contributed by atoms with Crippen LogP contribution in [0.25, 0.3) is 98.4 Å². The van der Waals surface area contributed by atoms with E-state index in [2.05, 4.69) is 211 Å². The van der Waals surface area contributed by atoms with Crippen LogP contribution >= 0.6 is 0 Å². The molecule has 1 heterocycles. The monoisotopic (exact) mass is 763 g/mol. The van der Waals surface area contributed by atoms with E-state index in [1.807, 2.05) is 18.2 Å². The molecule has 0 radical (unpaired) electrons. The van der Waals surface area contributed by atoms with Gasteiger partial charge in [-0.3, -0.25) is 0 Å². The van der Waals surface area contributed by atoms with E-state index in [0.29, 0.717) is 0 Å². The van der Waals surface area contributed by atoms with Crippen LogP contribution in [0.15, 0.2) is 229 Å². The number of furan rings is 1. The number of hydrogen-bond acceptors (Lipinski definition) is 2. The fourth-order valence-electron chi connectivity index (χ4n) is 9.11. The Morgan fingerprint density at radius 1 is 0.250 bits per heavy atom. The molecule has 2 heteroatoms. The Morgan fingerprint density at radius 3 is 1.48 bits per heavy atom. The van der Waals surface area contributed by atoms with E-state index >= 15 is 0 Å². The van der Waals surface area contributed by atoms with Crippen molar-refractivity contribution in [2.24, 2.45) is 0 Å². The minimum atomic E-state index is 0.879. The predicted octanol–water partition coefficient (Wildman–Crippen LogP) is 16.7. The summed E-state index contributed by atoms with van der Waals surface area (Å²) in [5.41, 5.74) is 10.0. The number of fused-ring (bicyclic) bond motifs is 8. The Kier molecular flexibility index (Phi) is 7.89. The second-order valence-electron chi connectivity index (χ2n) is 15.8. The molecular weight excluding hydrogens is 727 g/mol. The van der Waals surface area contributed by atoms with Gasteiger partial charge in [0.05, 0.1) is 0 Å². The van der Waals surface area contributed by atoms with Crippen molar-refractivity contribution in [2.75, 3.05) is 4.90 Å². The maximum Gasteiger partial charge on any atom is 0.135 e. The van der Waals surface area contributed by atoms with Crippen LogP contribution in [-0.4, -0.2) is 0 Å². The van der Waals surface area contributed by atoms with Crippen molar-refractivity contribution in [2.45, 2.75) is 0 Å². The third-order valence-electron chi connectivity index (χ3n) is 12.2. The van der Waals surface area contributed by atoms with Crippen LogP contribution in [0.5, 0.6) is 0 Å². The summed E-state index contributed by atoms with van der Waals surface area (Å²) in [4.78, 5) is 2.38. The van der Waals surface area contributed by atoms with Gasteiger partial charge in [0.2, 0.25) is 0 Å². The predicted molar refractivity (Wildman–Crippen MR) is 255 cm³/mol. The highest BCUT2D eigenvalue weighted by molar-refractivity contribution is 6.10. The number of anilines is 3. The molecule has 0 atom stereocenters. The zero-order valence-electron chi connectivity index (χ0n) is 32.7. The number of rotatable bonds is 6. The van der Waals surface area contributed by atoms with Crippen molar-refractivity contribution >= 4 is 81.9 Å². The van der Waals surface area contributed by atoms with E-state index in [-0.39, 0.29) is 0 Å². The maximum atomic E-state index is 6.22. The molecule has 60 heavy (non-hydrogen) atoms. The van der Waals surface area contributed by atoms with Crippen LogP contribution in [0.4, 0.5) is 17.1 Å². The van der Waals surface area contributed by atoms with Gasteiger partial charge in [-0.25, -0.2) is 0 Å². The smallest absolute Gasteiger partial charge is 0.135 e. The van der Waals surface area contributed by atoms with Crippen LogP contribution in [0.3, 0.4) is 0 Å². The molecule has 0 spiro atoms. The average Bonchev–Trinajstić information content (AvgIpc) is 3.76. The molecule has 0 amide bonds. The summed E-state index contributed by atoms with van der Waals surface area (Å²) in [6, 6.07) is 81.4. The molecule has 2 nitrogen and oxygen atoms in total. The lowest BCUT2D eigenvalue weighted by molar-refractivity contribution is 0.631. The average molecular weight is 764 g/mol. The standard InChI is InChI=1S/C58H37NO/c1-4-13-53-39(8-1)16-20-46-33-42(25-30-55(46)53)38-22-26-50(27-23-38)59(52-29-31-56-47(36-52)21-17-40-9-2-5-14-54(40)56)51-28-24-44-32-43(18-19-45(44)35-51)41-11-7-12-48(34-41)58-37-49-10-3-6-15-57(49)60-58/h1-37H. The molecule has 0 aliphatic carbocycles. The quantitative estimate of drug-likeness (QED) is 0.157. The minimum Gasteiger partial charge on any atom is -0.456 e. The molecule has 1 aromatic heterocycles. The lowest BCUT2D eigenvalue weighted by Crippen LogP contribution is -2.10. The molecule has 11 aromatic carbocycles. The van der Waals surface area contributed by atoms with Crippen molar-refractivity contribution in [3.8, 4) is 33.6 Å². The van der Waals surface area contributed by atoms with Crippen LogP contribution in [-0.2, 0) is 0 Å². The molecular formula is C58H37NO. The summed E-state index contributed by atoms with van der Waals surface area (Å²) >= 11 is 0. The highest BCUT2D eigenvalue weighted by Crippen LogP contribution is 2.41. The fraction of sp³-hybridized carbons (Fsp3) is 0. The third-order valence-corrected chi connectivity index (χ3v) is 12.2. The Labute approximate surface area is 347 Å². The maximum absolute atomic E-state index is 6.22. The van der Waals surface area contributed by atoms with Crippen molar-refractivity contribution in [1.82, 2.24) is 0 Å². The van der Waals surface area contributed by atoms with Crippen molar-refractivity contribution in [3.05, 3.63) is 224 Å². The van der Waals surface area contributed by atoms with Gasteiger partial charge in [-0.2, -0.15) is 0 Å². The number of benzene rings is 11. The van der Waals surface area contributed by atoms with Gasteiger partial charge in [0.1, 0.15) is 11.3 Å². The normalized spacial score (nSPS) is 11.7. The summed E-state index contributed by atoms with van der Waals surface area (Å²) in [5.74, 6) is 0.879. The molecule has 280 valence electrons. The minimum absolute atomic E-state index is 0.879. The Hall–Kier alpha value is -7.94. The molecule has 0 aliphatic heterocycles. The van der Waals surface area contributed by atoms with Gasteiger partial charge in [-0.05, 0) is 143 Å². The van der Waals surface area contributed by atoms with E-state index in [1.54, 1.807) is 0 Å². The molecule has 0 fully saturated rings. The molecule has 12 rings (SSSR count). The highest BCUT2D eigenvalue weighted by atomic mass is 16.3. The van der Waals surface area contributed by atoms with E-state index in [1.165, 1.54) is 70.6 Å². The van der Waals surface area contributed by atoms with Crippen molar-refractivity contribution in [3.63, 3.8) is 0 Å². The SMILES string of the molecule is c1cc(-c2ccc3cc(N(c4ccc(-c5ccc6c(ccc7ccccc76)c5)cc4)c4ccc5c(ccc6ccccc65)c4)ccc3c2)cc(-c2cc3ccccc3o2)c1. The molecule has 0 aliphatic rings. The van der Waals surface area contributed by atoms with Gasteiger partial charge in [-0.15, -0.1) is 0 Å². The van der Waals surface area contributed by atoms with E-state index < -0.39 is 0 Å². The first-order chi connectivity index (χ1) is 29.7.